The molecule has 1 fully saturated rings. The molecule has 0 unspecified atom stereocenters. The van der Waals surface area contributed by atoms with E-state index in [1.54, 1.807) is 14.0 Å². The van der Waals surface area contributed by atoms with Crippen LogP contribution in [0, 0.1) is 17.6 Å². The van der Waals surface area contributed by atoms with Gasteiger partial charge in [0, 0.05) is 13.6 Å². The van der Waals surface area contributed by atoms with Crippen LogP contribution in [-0.2, 0) is 9.84 Å². The molecular weight excluding hydrogens is 326 g/mol. The standard InChI is InChI=1S/C15H20F2N2O3S/c1-10(12-3-4-13(16)14(17)7-12)19(2)15(20)18-8-11-5-6-23(21,22)9-11/h3-4,7,10-11H,5-6,8-9H2,1-2H3,(H,18,20)/t10-,11-/m1/s1. The molecule has 0 aromatic heterocycles. The van der Waals surface area contributed by atoms with E-state index in [-0.39, 0.29) is 30.0 Å². The van der Waals surface area contributed by atoms with E-state index in [0.717, 1.165) is 12.1 Å². The molecule has 5 nitrogen and oxygen atoms in total. The predicted molar refractivity (Wildman–Crippen MR) is 82.7 cm³/mol. The third-order valence-corrected chi connectivity index (χ3v) is 6.03. The Morgan fingerprint density at radius 3 is 2.65 bits per heavy atom. The van der Waals surface area contributed by atoms with Crippen LogP contribution in [0.4, 0.5) is 13.6 Å². The average Bonchev–Trinajstić information content (AvgIpc) is 2.85. The summed E-state index contributed by atoms with van der Waals surface area (Å²) in [7, 11) is -1.43. The van der Waals surface area contributed by atoms with E-state index in [1.807, 2.05) is 0 Å². The number of amides is 2. The van der Waals surface area contributed by atoms with E-state index in [2.05, 4.69) is 5.32 Å². The van der Waals surface area contributed by atoms with Gasteiger partial charge in [-0.3, -0.25) is 0 Å². The molecule has 8 heteroatoms. The van der Waals surface area contributed by atoms with Crippen LogP contribution < -0.4 is 5.32 Å². The number of hydrogen-bond acceptors (Lipinski definition) is 3. The number of hydrogen-bond donors (Lipinski definition) is 1. The van der Waals surface area contributed by atoms with Crippen LogP contribution in [0.3, 0.4) is 0 Å². The number of nitrogens with one attached hydrogen (secondary N) is 1. The molecule has 1 saturated heterocycles. The molecule has 0 bridgehead atoms. The van der Waals surface area contributed by atoms with Gasteiger partial charge in [0.15, 0.2) is 21.5 Å². The SMILES string of the molecule is C[C@H](c1ccc(F)c(F)c1)N(C)C(=O)NC[C@H]1CCS(=O)(=O)C1. The topological polar surface area (TPSA) is 66.5 Å². The quantitative estimate of drug-likeness (QED) is 0.908. The Kier molecular flexibility index (Phi) is 5.23. The van der Waals surface area contributed by atoms with Crippen molar-refractivity contribution in [3.63, 3.8) is 0 Å². The molecule has 2 rings (SSSR count). The van der Waals surface area contributed by atoms with Gasteiger partial charge in [-0.2, -0.15) is 0 Å². The van der Waals surface area contributed by atoms with Crippen LogP contribution in [0.25, 0.3) is 0 Å². The molecule has 1 aliphatic heterocycles. The third kappa shape index (κ3) is 4.40. The second kappa shape index (κ2) is 6.82. The minimum Gasteiger partial charge on any atom is -0.338 e. The molecule has 1 heterocycles. The number of carbonyl (C=O) groups is 1. The second-order valence-corrected chi connectivity index (χ2v) is 8.14. The Morgan fingerprint density at radius 2 is 2.09 bits per heavy atom. The van der Waals surface area contributed by atoms with Crippen LogP contribution >= 0.6 is 0 Å². The fourth-order valence-electron chi connectivity index (χ4n) is 2.56. The van der Waals surface area contributed by atoms with Crippen molar-refractivity contribution in [2.24, 2.45) is 5.92 Å². The Hall–Kier alpha value is -1.70. The van der Waals surface area contributed by atoms with Gasteiger partial charge in [0.05, 0.1) is 17.5 Å². The number of urea groups is 1. The zero-order chi connectivity index (χ0) is 17.2. The second-order valence-electron chi connectivity index (χ2n) is 5.92. The molecule has 128 valence electrons. The number of carbonyl (C=O) groups excluding carboxylic acids is 1. The minimum atomic E-state index is -2.97. The van der Waals surface area contributed by atoms with Gasteiger partial charge in [-0.05, 0) is 37.0 Å². The molecule has 2 atom stereocenters. The predicted octanol–water partition coefficient (Wildman–Crippen LogP) is 2.10. The lowest BCUT2D eigenvalue weighted by Gasteiger charge is -2.26. The Balaban J connectivity index is 1.92. The molecule has 1 N–H and O–H groups in total. The summed E-state index contributed by atoms with van der Waals surface area (Å²) < 4.78 is 49.0. The molecule has 1 aliphatic rings. The minimum absolute atomic E-state index is 0.0732. The number of nitrogens with zero attached hydrogens (tertiary/aromatic N) is 1. The van der Waals surface area contributed by atoms with Crippen LogP contribution in [0.5, 0.6) is 0 Å². The average molecular weight is 346 g/mol. The fourth-order valence-corrected chi connectivity index (χ4v) is 4.42. The van der Waals surface area contributed by atoms with E-state index in [4.69, 9.17) is 0 Å². The first-order valence-corrected chi connectivity index (χ1v) is 9.18. The highest BCUT2D eigenvalue weighted by Gasteiger charge is 2.28. The normalized spacial score (nSPS) is 21.0. The van der Waals surface area contributed by atoms with Gasteiger partial charge >= 0.3 is 6.03 Å². The molecule has 0 spiro atoms. The van der Waals surface area contributed by atoms with Crippen molar-refractivity contribution in [3.8, 4) is 0 Å². The maximum absolute atomic E-state index is 13.3. The van der Waals surface area contributed by atoms with E-state index >= 15 is 0 Å². The molecule has 23 heavy (non-hydrogen) atoms. The van der Waals surface area contributed by atoms with Gasteiger partial charge in [-0.15, -0.1) is 0 Å². The van der Waals surface area contributed by atoms with E-state index < -0.39 is 27.5 Å². The Labute approximate surface area is 134 Å². The number of rotatable bonds is 4. The highest BCUT2D eigenvalue weighted by molar-refractivity contribution is 7.91. The molecule has 0 radical (unpaired) electrons. The fraction of sp³-hybridized carbons (Fsp3) is 0.533. The smallest absolute Gasteiger partial charge is 0.317 e. The molecule has 2 amide bonds. The van der Waals surface area contributed by atoms with Crippen molar-refractivity contribution in [1.82, 2.24) is 10.2 Å². The molecule has 1 aromatic carbocycles. The highest BCUT2D eigenvalue weighted by atomic mass is 32.2. The summed E-state index contributed by atoms with van der Waals surface area (Å²) in [6, 6.07) is 2.68. The van der Waals surface area contributed by atoms with E-state index in [0.29, 0.717) is 12.0 Å². The zero-order valence-electron chi connectivity index (χ0n) is 13.1. The third-order valence-electron chi connectivity index (χ3n) is 4.20. The van der Waals surface area contributed by atoms with Crippen LogP contribution in [0.15, 0.2) is 18.2 Å². The first kappa shape index (κ1) is 17.7. The summed E-state index contributed by atoms with van der Waals surface area (Å²) in [5.41, 5.74) is 0.477. The van der Waals surface area contributed by atoms with Crippen molar-refractivity contribution in [2.45, 2.75) is 19.4 Å². The summed E-state index contributed by atoms with van der Waals surface area (Å²) >= 11 is 0. The summed E-state index contributed by atoms with van der Waals surface area (Å²) in [5.74, 6) is -1.71. The van der Waals surface area contributed by atoms with E-state index in [1.165, 1.54) is 11.0 Å². The van der Waals surface area contributed by atoms with Crippen LogP contribution in [0.2, 0.25) is 0 Å². The number of halogens is 2. The number of benzene rings is 1. The van der Waals surface area contributed by atoms with Gasteiger partial charge in [0.1, 0.15) is 0 Å². The maximum Gasteiger partial charge on any atom is 0.317 e. The summed E-state index contributed by atoms with van der Waals surface area (Å²) in [4.78, 5) is 13.5. The maximum atomic E-state index is 13.3. The van der Waals surface area contributed by atoms with Crippen LogP contribution in [0.1, 0.15) is 24.9 Å². The van der Waals surface area contributed by atoms with E-state index in [9.17, 15) is 22.0 Å². The highest BCUT2D eigenvalue weighted by Crippen LogP contribution is 2.21. The van der Waals surface area contributed by atoms with Crippen molar-refractivity contribution >= 4 is 15.9 Å². The van der Waals surface area contributed by atoms with Gasteiger partial charge in [-0.25, -0.2) is 22.0 Å². The lowest BCUT2D eigenvalue weighted by Crippen LogP contribution is -2.41. The summed E-state index contributed by atoms with van der Waals surface area (Å²) in [6.07, 6.45) is 0.547. The van der Waals surface area contributed by atoms with Crippen LogP contribution in [-0.4, -0.2) is 44.4 Å². The van der Waals surface area contributed by atoms with Gasteiger partial charge < -0.3 is 10.2 Å². The van der Waals surface area contributed by atoms with Gasteiger partial charge in [0.25, 0.3) is 0 Å². The molecule has 1 aromatic rings. The van der Waals surface area contributed by atoms with Crippen molar-refractivity contribution < 1.29 is 22.0 Å². The Morgan fingerprint density at radius 1 is 1.39 bits per heavy atom. The summed E-state index contributed by atoms with van der Waals surface area (Å²) in [5, 5.41) is 2.69. The monoisotopic (exact) mass is 346 g/mol. The van der Waals surface area contributed by atoms with Crippen molar-refractivity contribution in [2.75, 3.05) is 25.1 Å². The lowest BCUT2D eigenvalue weighted by molar-refractivity contribution is 0.193. The summed E-state index contributed by atoms with van der Waals surface area (Å²) in [6.45, 7) is 1.99. The van der Waals surface area contributed by atoms with Gasteiger partial charge in [-0.1, -0.05) is 6.07 Å². The first-order chi connectivity index (χ1) is 10.7. The molecular formula is C15H20F2N2O3S. The molecule has 0 aliphatic carbocycles. The number of sulfone groups is 1. The molecule has 0 saturated carbocycles. The van der Waals surface area contributed by atoms with Crippen molar-refractivity contribution in [3.05, 3.63) is 35.4 Å². The zero-order valence-corrected chi connectivity index (χ0v) is 13.9. The van der Waals surface area contributed by atoms with Crippen molar-refractivity contribution in [1.29, 1.82) is 0 Å². The lowest BCUT2D eigenvalue weighted by atomic mass is 10.1. The first-order valence-electron chi connectivity index (χ1n) is 7.35. The van der Waals surface area contributed by atoms with Gasteiger partial charge in [0.2, 0.25) is 0 Å². The Bertz CT molecular complexity index is 694. The largest absolute Gasteiger partial charge is 0.338 e.